The highest BCUT2D eigenvalue weighted by atomic mass is 79.9. The van der Waals surface area contributed by atoms with Crippen LogP contribution >= 0.6 is 23.5 Å². The number of ether oxygens (including phenoxy) is 2. The first kappa shape index (κ1) is 19.0. The van der Waals surface area contributed by atoms with Crippen molar-refractivity contribution in [3.8, 4) is 0 Å². The summed E-state index contributed by atoms with van der Waals surface area (Å²) in [5, 5.41) is 9.91. The van der Waals surface area contributed by atoms with Crippen molar-refractivity contribution in [1.82, 2.24) is 9.55 Å². The zero-order valence-corrected chi connectivity index (χ0v) is 14.5. The third-order valence-electron chi connectivity index (χ3n) is 3.18. The van der Waals surface area contributed by atoms with E-state index >= 15 is 0 Å². The monoisotopic (exact) mass is 428 g/mol. The summed E-state index contributed by atoms with van der Waals surface area (Å²) >= 11 is 2.97. The molecule has 0 spiro atoms. The van der Waals surface area contributed by atoms with E-state index in [1.54, 1.807) is 0 Å². The number of carbonyl (C=O) groups is 1. The molecule has 1 aromatic heterocycles. The highest BCUT2D eigenvalue weighted by Crippen LogP contribution is 2.34. The fourth-order valence-electron chi connectivity index (χ4n) is 2.10. The number of aliphatic hydroxyl groups excluding tert-OH is 1. The Morgan fingerprint density at radius 1 is 1.50 bits per heavy atom. The number of halogens is 1. The minimum Gasteiger partial charge on any atom is -0.462 e. The van der Waals surface area contributed by atoms with Crippen LogP contribution < -0.4 is 11.2 Å². The fourth-order valence-corrected chi connectivity index (χ4v) is 2.85. The second kappa shape index (κ2) is 7.30. The first-order valence-corrected chi connectivity index (χ1v) is 9.20. The number of aromatic amines is 1. The van der Waals surface area contributed by atoms with Crippen molar-refractivity contribution in [2.75, 3.05) is 12.8 Å². The third kappa shape index (κ3) is 4.85. The number of rotatable bonds is 5. The van der Waals surface area contributed by atoms with Crippen molar-refractivity contribution < 1.29 is 33.7 Å². The number of esters is 1. The van der Waals surface area contributed by atoms with Gasteiger partial charge in [-0.3, -0.25) is 23.7 Å². The van der Waals surface area contributed by atoms with Crippen LogP contribution in [0.15, 0.2) is 20.3 Å². The molecular weight excluding hydrogens is 415 g/mol. The minimum atomic E-state index is -4.54. The average molecular weight is 429 g/mol. The van der Waals surface area contributed by atoms with Crippen molar-refractivity contribution in [2.45, 2.75) is 24.9 Å². The van der Waals surface area contributed by atoms with Crippen molar-refractivity contribution in [3.63, 3.8) is 0 Å². The number of aromatic nitrogens is 2. The zero-order valence-electron chi connectivity index (χ0n) is 12.0. The van der Waals surface area contributed by atoms with Crippen LogP contribution in [-0.4, -0.2) is 55.4 Å². The lowest BCUT2D eigenvalue weighted by Gasteiger charge is -2.16. The molecule has 2 rings (SSSR count). The summed E-state index contributed by atoms with van der Waals surface area (Å²) in [6.07, 6.45) is -2.82. The van der Waals surface area contributed by atoms with E-state index in [-0.39, 0.29) is 10.9 Å². The van der Waals surface area contributed by atoms with Crippen molar-refractivity contribution in [1.29, 1.82) is 0 Å². The van der Waals surface area contributed by atoms with Gasteiger partial charge < -0.3 is 24.4 Å². The number of nitrogens with zero attached hydrogens (tertiary/aromatic N) is 1. The maximum atomic E-state index is 11.8. The average Bonchev–Trinajstić information content (AvgIpc) is 2.80. The van der Waals surface area contributed by atoms with Crippen LogP contribution in [0.3, 0.4) is 0 Å². The van der Waals surface area contributed by atoms with E-state index < -0.39 is 56.0 Å². The van der Waals surface area contributed by atoms with E-state index in [1.807, 2.05) is 0 Å². The highest BCUT2D eigenvalue weighted by molar-refractivity contribution is 9.10. The molecule has 24 heavy (non-hydrogen) atoms. The first-order chi connectivity index (χ1) is 11.1. The van der Waals surface area contributed by atoms with Gasteiger partial charge in [-0.15, -0.1) is 0 Å². The molecule has 1 aliphatic rings. The summed E-state index contributed by atoms with van der Waals surface area (Å²) in [7, 11) is -4.54. The molecule has 0 aromatic carbocycles. The lowest BCUT2D eigenvalue weighted by atomic mass is 10.2. The molecule has 0 unspecified atom stereocenters. The van der Waals surface area contributed by atoms with E-state index in [0.29, 0.717) is 0 Å². The quantitative estimate of drug-likeness (QED) is 0.327. The molecule has 1 aromatic rings. The van der Waals surface area contributed by atoms with Gasteiger partial charge in [0.05, 0.1) is 10.6 Å². The first-order valence-electron chi connectivity index (χ1n) is 6.61. The molecule has 4 N–H and O–H groups in total. The normalized spacial score (nSPS) is 24.1. The van der Waals surface area contributed by atoms with Gasteiger partial charge in [0.15, 0.2) is 0 Å². The minimum absolute atomic E-state index is 0.000892. The Bertz CT molecular complexity index is 784. The van der Waals surface area contributed by atoms with Gasteiger partial charge in [0.1, 0.15) is 25.1 Å². The number of carbonyl (C=O) groups excluding carboxylic acids is 1. The molecule has 1 saturated heterocycles. The second-order valence-electron chi connectivity index (χ2n) is 5.08. The Kier molecular flexibility index (Phi) is 5.78. The summed E-state index contributed by atoms with van der Waals surface area (Å²) in [6, 6.07) is 0. The van der Waals surface area contributed by atoms with E-state index in [9.17, 15) is 24.1 Å². The van der Waals surface area contributed by atoms with Gasteiger partial charge in [-0.2, -0.15) is 0 Å². The molecule has 0 radical (unpaired) electrons. The number of nitrogens with one attached hydrogen (secondary N) is 1. The maximum absolute atomic E-state index is 11.8. The van der Waals surface area contributed by atoms with Gasteiger partial charge in [-0.1, -0.05) is 0 Å². The second-order valence-corrected chi connectivity index (χ2v) is 7.58. The van der Waals surface area contributed by atoms with E-state index in [1.165, 1.54) is 6.20 Å². The van der Waals surface area contributed by atoms with Gasteiger partial charge in [0.25, 0.3) is 5.56 Å². The van der Waals surface area contributed by atoms with Crippen LogP contribution in [0.25, 0.3) is 0 Å². The van der Waals surface area contributed by atoms with Crippen LogP contribution in [0, 0.1) is 0 Å². The van der Waals surface area contributed by atoms with E-state index in [2.05, 4.69) is 25.7 Å². The maximum Gasteiger partial charge on any atom is 0.336 e. The Morgan fingerprint density at radius 2 is 2.17 bits per heavy atom. The Morgan fingerprint density at radius 3 is 2.79 bits per heavy atom. The summed E-state index contributed by atoms with van der Waals surface area (Å²) in [5.74, 6) is -1.13. The Balaban J connectivity index is 2.01. The lowest BCUT2D eigenvalue weighted by molar-refractivity contribution is -0.147. The van der Waals surface area contributed by atoms with Crippen molar-refractivity contribution in [2.24, 2.45) is 0 Å². The van der Waals surface area contributed by atoms with Crippen molar-refractivity contribution >= 4 is 29.5 Å². The van der Waals surface area contributed by atoms with Gasteiger partial charge in [0, 0.05) is 12.6 Å². The van der Waals surface area contributed by atoms with Gasteiger partial charge in [-0.25, -0.2) is 4.79 Å². The SMILES string of the molecule is O=C(CP(=O)(O)O)OC[C@H]1O[C@@H](n2cc(Br)c(=O)[nH]c2=O)C[C@@H]1O. The fraction of sp³-hybridized carbons (Fsp3) is 0.545. The standard InChI is InChI=1S/C11H14BrN2O9P/c12-5-2-14(11(18)13-10(5)17)8-1-6(15)7(23-8)3-22-9(16)4-24(19,20)21/h2,6-8,15H,1,3-4H2,(H,13,17,18)(H2,19,20,21)/t6-,7+,8+/m0/s1. The molecular formula is C11H14BrN2O9P. The van der Waals surface area contributed by atoms with Crippen LogP contribution in [0.4, 0.5) is 0 Å². The molecule has 134 valence electrons. The molecule has 0 amide bonds. The molecule has 3 atom stereocenters. The largest absolute Gasteiger partial charge is 0.462 e. The lowest BCUT2D eigenvalue weighted by Crippen LogP contribution is -2.33. The van der Waals surface area contributed by atoms with Crippen LogP contribution in [0.2, 0.25) is 0 Å². The van der Waals surface area contributed by atoms with Crippen LogP contribution in [0.1, 0.15) is 12.6 Å². The third-order valence-corrected chi connectivity index (χ3v) is 4.42. The molecule has 2 heterocycles. The molecule has 0 aliphatic carbocycles. The van der Waals surface area contributed by atoms with E-state index in [0.717, 1.165) is 4.57 Å². The molecule has 0 bridgehead atoms. The number of hydrogen-bond acceptors (Lipinski definition) is 7. The number of H-pyrrole nitrogens is 1. The van der Waals surface area contributed by atoms with Crippen LogP contribution in [0.5, 0.6) is 0 Å². The predicted molar refractivity (Wildman–Crippen MR) is 81.4 cm³/mol. The molecule has 1 aliphatic heterocycles. The Labute approximate surface area is 142 Å². The summed E-state index contributed by atoms with van der Waals surface area (Å²) in [5.41, 5.74) is -1.35. The molecule has 1 fully saturated rings. The van der Waals surface area contributed by atoms with Crippen molar-refractivity contribution in [3.05, 3.63) is 31.5 Å². The molecule has 11 nitrogen and oxygen atoms in total. The summed E-state index contributed by atoms with van der Waals surface area (Å²) in [4.78, 5) is 53.7. The van der Waals surface area contributed by atoms with Gasteiger partial charge in [0.2, 0.25) is 0 Å². The van der Waals surface area contributed by atoms with E-state index in [4.69, 9.17) is 14.5 Å². The highest BCUT2D eigenvalue weighted by Gasteiger charge is 2.36. The predicted octanol–water partition coefficient (Wildman–Crippen LogP) is -1.33. The smallest absolute Gasteiger partial charge is 0.336 e. The number of aliphatic hydroxyl groups is 1. The van der Waals surface area contributed by atoms with Crippen LogP contribution in [-0.2, 0) is 18.8 Å². The zero-order chi connectivity index (χ0) is 18.1. The summed E-state index contributed by atoms with van der Waals surface area (Å²) < 4.78 is 21.9. The van der Waals surface area contributed by atoms with Gasteiger partial charge >= 0.3 is 19.3 Å². The van der Waals surface area contributed by atoms with Gasteiger partial charge in [-0.05, 0) is 15.9 Å². The summed E-state index contributed by atoms with van der Waals surface area (Å²) in [6.45, 7) is -0.435. The Hall–Kier alpha value is -1.30. The molecule has 0 saturated carbocycles. The number of hydrogen-bond donors (Lipinski definition) is 4. The molecule has 13 heteroatoms. The topological polar surface area (TPSA) is 168 Å².